The average Bonchev–Trinajstić information content (AvgIpc) is 2.09. The van der Waals surface area contributed by atoms with Crippen LogP contribution in [0, 0.1) is 20.6 Å². The number of nitrogens with zero attached hydrogens (tertiary/aromatic N) is 1. The van der Waals surface area contributed by atoms with Crippen LogP contribution in [0.1, 0.15) is 19.4 Å². The molecule has 0 heterocycles. The number of rotatable bonds is 3. The molecular formula is C10H12INO3. The second-order valence-corrected chi connectivity index (χ2v) is 4.66. The van der Waals surface area contributed by atoms with Crippen LogP contribution in [0.5, 0.6) is 5.75 Å². The van der Waals surface area contributed by atoms with Gasteiger partial charge in [-0.2, -0.15) is 0 Å². The van der Waals surface area contributed by atoms with E-state index in [1.807, 2.05) is 20.8 Å². The standard InChI is InChI=1S/C10H12INO3/c1-6(2)15-10-5-8(11)7(3)4-9(10)12(13)14/h4-6H,1-3H3. The summed E-state index contributed by atoms with van der Waals surface area (Å²) in [5.41, 5.74) is 0.917. The first-order valence-corrected chi connectivity index (χ1v) is 5.61. The number of hydrogen-bond acceptors (Lipinski definition) is 3. The Balaban J connectivity index is 3.22. The predicted molar refractivity (Wildman–Crippen MR) is 66.3 cm³/mol. The predicted octanol–water partition coefficient (Wildman–Crippen LogP) is 3.30. The zero-order valence-corrected chi connectivity index (χ0v) is 10.9. The van der Waals surface area contributed by atoms with Crippen molar-refractivity contribution in [3.8, 4) is 5.75 Å². The average molecular weight is 321 g/mol. The fraction of sp³-hybridized carbons (Fsp3) is 0.400. The van der Waals surface area contributed by atoms with Crippen LogP contribution in [0.15, 0.2) is 12.1 Å². The van der Waals surface area contributed by atoms with Crippen LogP contribution in [-0.2, 0) is 0 Å². The Bertz CT molecular complexity index is 390. The molecule has 1 aromatic rings. The van der Waals surface area contributed by atoms with E-state index in [1.165, 1.54) is 0 Å². The highest BCUT2D eigenvalue weighted by Crippen LogP contribution is 2.31. The largest absolute Gasteiger partial charge is 0.484 e. The fourth-order valence-corrected chi connectivity index (χ4v) is 1.58. The molecule has 5 heteroatoms. The van der Waals surface area contributed by atoms with E-state index >= 15 is 0 Å². The van der Waals surface area contributed by atoms with Gasteiger partial charge >= 0.3 is 5.69 Å². The molecule has 0 saturated carbocycles. The van der Waals surface area contributed by atoms with Crippen molar-refractivity contribution in [1.29, 1.82) is 0 Å². The van der Waals surface area contributed by atoms with Crippen molar-refractivity contribution in [2.45, 2.75) is 26.9 Å². The van der Waals surface area contributed by atoms with Crippen LogP contribution in [0.3, 0.4) is 0 Å². The lowest BCUT2D eigenvalue weighted by molar-refractivity contribution is -0.386. The first kappa shape index (κ1) is 12.2. The Morgan fingerprint density at radius 1 is 1.47 bits per heavy atom. The van der Waals surface area contributed by atoms with Crippen molar-refractivity contribution in [3.63, 3.8) is 0 Å². The molecule has 0 aromatic heterocycles. The van der Waals surface area contributed by atoms with Crippen molar-refractivity contribution >= 4 is 28.3 Å². The van der Waals surface area contributed by atoms with Crippen molar-refractivity contribution < 1.29 is 9.66 Å². The molecule has 0 spiro atoms. The number of hydrogen-bond donors (Lipinski definition) is 0. The quantitative estimate of drug-likeness (QED) is 0.488. The summed E-state index contributed by atoms with van der Waals surface area (Å²) in [7, 11) is 0. The minimum Gasteiger partial charge on any atom is -0.484 e. The number of aryl methyl sites for hydroxylation is 1. The van der Waals surface area contributed by atoms with Crippen molar-refractivity contribution in [2.24, 2.45) is 0 Å². The van der Waals surface area contributed by atoms with Crippen LogP contribution in [0.2, 0.25) is 0 Å². The molecule has 0 unspecified atom stereocenters. The number of nitro groups is 1. The third kappa shape index (κ3) is 3.05. The van der Waals surface area contributed by atoms with E-state index in [-0.39, 0.29) is 11.8 Å². The topological polar surface area (TPSA) is 52.4 Å². The summed E-state index contributed by atoms with van der Waals surface area (Å²) in [6, 6.07) is 3.24. The molecule has 0 aliphatic heterocycles. The van der Waals surface area contributed by atoms with Gasteiger partial charge in [-0.15, -0.1) is 0 Å². The van der Waals surface area contributed by atoms with Crippen LogP contribution in [-0.4, -0.2) is 11.0 Å². The first-order valence-electron chi connectivity index (χ1n) is 4.53. The molecule has 4 nitrogen and oxygen atoms in total. The van der Waals surface area contributed by atoms with Crippen molar-refractivity contribution in [3.05, 3.63) is 31.4 Å². The highest BCUT2D eigenvalue weighted by atomic mass is 127. The van der Waals surface area contributed by atoms with E-state index in [9.17, 15) is 10.1 Å². The number of ether oxygens (including phenoxy) is 1. The maximum Gasteiger partial charge on any atom is 0.311 e. The number of benzene rings is 1. The summed E-state index contributed by atoms with van der Waals surface area (Å²) < 4.78 is 6.36. The maximum atomic E-state index is 10.8. The molecule has 0 aliphatic carbocycles. The smallest absolute Gasteiger partial charge is 0.311 e. The molecule has 0 saturated heterocycles. The third-order valence-corrected chi connectivity index (χ3v) is 2.96. The molecule has 15 heavy (non-hydrogen) atoms. The minimum absolute atomic E-state index is 0.0293. The van der Waals surface area contributed by atoms with Crippen LogP contribution >= 0.6 is 22.6 Å². The van der Waals surface area contributed by atoms with Crippen LogP contribution in [0.25, 0.3) is 0 Å². The van der Waals surface area contributed by atoms with E-state index in [0.717, 1.165) is 9.13 Å². The molecular weight excluding hydrogens is 309 g/mol. The van der Waals surface area contributed by atoms with Gasteiger partial charge in [0.15, 0.2) is 5.75 Å². The van der Waals surface area contributed by atoms with Crippen molar-refractivity contribution in [1.82, 2.24) is 0 Å². The van der Waals surface area contributed by atoms with E-state index in [4.69, 9.17) is 4.74 Å². The molecule has 0 N–H and O–H groups in total. The molecule has 0 fully saturated rings. The summed E-state index contributed by atoms with van der Waals surface area (Å²) in [5, 5.41) is 10.8. The first-order chi connectivity index (χ1) is 6.91. The third-order valence-electron chi connectivity index (χ3n) is 1.80. The van der Waals surface area contributed by atoms with Gasteiger partial charge in [-0.1, -0.05) is 0 Å². The SMILES string of the molecule is Cc1cc([N+](=O)[O-])c(OC(C)C)cc1I. The fourth-order valence-electron chi connectivity index (χ4n) is 1.14. The Morgan fingerprint density at radius 2 is 2.07 bits per heavy atom. The molecule has 0 aliphatic rings. The molecule has 0 bridgehead atoms. The summed E-state index contributed by atoms with van der Waals surface area (Å²) in [5.74, 6) is 0.338. The van der Waals surface area contributed by atoms with E-state index < -0.39 is 4.92 Å². The van der Waals surface area contributed by atoms with Gasteiger partial charge in [-0.25, -0.2) is 0 Å². The lowest BCUT2D eigenvalue weighted by Gasteiger charge is -2.11. The van der Waals surface area contributed by atoms with Gasteiger partial charge in [0.1, 0.15) is 0 Å². The summed E-state index contributed by atoms with van der Waals surface area (Å²) in [4.78, 5) is 10.4. The van der Waals surface area contributed by atoms with Gasteiger partial charge in [0, 0.05) is 15.7 Å². The molecule has 1 aromatic carbocycles. The summed E-state index contributed by atoms with van der Waals surface area (Å²) in [6.07, 6.45) is -0.0674. The van der Waals surface area contributed by atoms with Gasteiger partial charge < -0.3 is 4.74 Å². The van der Waals surface area contributed by atoms with Crippen molar-refractivity contribution in [2.75, 3.05) is 0 Å². The molecule has 1 rings (SSSR count). The van der Waals surface area contributed by atoms with Gasteiger partial charge in [-0.3, -0.25) is 10.1 Å². The Morgan fingerprint density at radius 3 is 2.53 bits per heavy atom. The Labute approximate surface area is 102 Å². The zero-order chi connectivity index (χ0) is 11.6. The summed E-state index contributed by atoms with van der Waals surface area (Å²) >= 11 is 2.13. The lowest BCUT2D eigenvalue weighted by atomic mass is 10.2. The molecule has 0 radical (unpaired) electrons. The molecule has 0 atom stereocenters. The lowest BCUT2D eigenvalue weighted by Crippen LogP contribution is -2.08. The summed E-state index contributed by atoms with van der Waals surface area (Å²) in [6.45, 7) is 5.53. The number of halogens is 1. The minimum atomic E-state index is -0.416. The van der Waals surface area contributed by atoms with Crippen LogP contribution < -0.4 is 4.74 Å². The second-order valence-electron chi connectivity index (χ2n) is 3.49. The van der Waals surface area contributed by atoms with E-state index in [2.05, 4.69) is 22.6 Å². The Hall–Kier alpha value is -0.850. The maximum absolute atomic E-state index is 10.8. The van der Waals surface area contributed by atoms with Gasteiger partial charge in [0.25, 0.3) is 0 Å². The Kier molecular flexibility index (Phi) is 3.90. The van der Waals surface area contributed by atoms with E-state index in [0.29, 0.717) is 5.75 Å². The molecule has 0 amide bonds. The van der Waals surface area contributed by atoms with Gasteiger partial charge in [0.2, 0.25) is 0 Å². The molecule has 82 valence electrons. The number of nitro benzene ring substituents is 1. The van der Waals surface area contributed by atoms with Gasteiger partial charge in [-0.05, 0) is 48.9 Å². The monoisotopic (exact) mass is 321 g/mol. The second kappa shape index (κ2) is 4.78. The highest BCUT2D eigenvalue weighted by molar-refractivity contribution is 14.1. The van der Waals surface area contributed by atoms with Crippen LogP contribution in [0.4, 0.5) is 5.69 Å². The zero-order valence-electron chi connectivity index (χ0n) is 8.78. The van der Waals surface area contributed by atoms with E-state index in [1.54, 1.807) is 12.1 Å². The highest BCUT2D eigenvalue weighted by Gasteiger charge is 2.17. The normalized spacial score (nSPS) is 10.5. The van der Waals surface area contributed by atoms with Gasteiger partial charge in [0.05, 0.1) is 11.0 Å².